The normalized spacial score (nSPS) is 11.4. The quantitative estimate of drug-likeness (QED) is 0.472. The van der Waals surface area contributed by atoms with Crippen LogP contribution < -0.4 is 16.0 Å². The van der Waals surface area contributed by atoms with Gasteiger partial charge in [-0.05, 0) is 24.7 Å². The highest BCUT2D eigenvalue weighted by Crippen LogP contribution is 2.16. The van der Waals surface area contributed by atoms with Gasteiger partial charge in [0.15, 0.2) is 0 Å². The van der Waals surface area contributed by atoms with Gasteiger partial charge in [0.1, 0.15) is 0 Å². The lowest BCUT2D eigenvalue weighted by Gasteiger charge is -2.18. The molecule has 0 radical (unpaired) electrons. The Hall–Kier alpha value is -1.97. The lowest BCUT2D eigenvalue weighted by molar-refractivity contribution is -0.120. The SMILES string of the molecule is CCNCCNC(=O)CNC(=O)c1cccc(S(=O)(=O)N(CC)CC)c1. The van der Waals surface area contributed by atoms with E-state index in [1.165, 1.54) is 28.6 Å². The molecule has 0 fully saturated rings. The molecule has 0 spiro atoms. The largest absolute Gasteiger partial charge is 0.353 e. The van der Waals surface area contributed by atoms with Crippen molar-refractivity contribution >= 4 is 21.8 Å². The van der Waals surface area contributed by atoms with Gasteiger partial charge in [0.25, 0.3) is 5.91 Å². The summed E-state index contributed by atoms with van der Waals surface area (Å²) < 4.78 is 26.4. The predicted octanol–water partition coefficient (Wildman–Crippen LogP) is 0.173. The fraction of sp³-hybridized carbons (Fsp3) is 0.529. The zero-order valence-electron chi connectivity index (χ0n) is 15.5. The molecule has 26 heavy (non-hydrogen) atoms. The molecule has 0 saturated heterocycles. The summed E-state index contributed by atoms with van der Waals surface area (Å²) in [6.45, 7) is 7.96. The van der Waals surface area contributed by atoms with Crippen LogP contribution in [0, 0.1) is 0 Å². The van der Waals surface area contributed by atoms with E-state index in [2.05, 4.69) is 16.0 Å². The third-order valence-electron chi connectivity index (χ3n) is 3.72. The molecule has 1 rings (SSSR count). The Kier molecular flexibility index (Phi) is 9.25. The minimum atomic E-state index is -3.64. The average molecular weight is 385 g/mol. The van der Waals surface area contributed by atoms with Crippen LogP contribution in [0.5, 0.6) is 0 Å². The Bertz CT molecular complexity index is 702. The molecule has 1 aromatic carbocycles. The van der Waals surface area contributed by atoms with E-state index in [-0.39, 0.29) is 22.9 Å². The summed E-state index contributed by atoms with van der Waals surface area (Å²) in [5.41, 5.74) is 0.193. The van der Waals surface area contributed by atoms with E-state index in [0.29, 0.717) is 26.2 Å². The fourth-order valence-corrected chi connectivity index (χ4v) is 3.81. The van der Waals surface area contributed by atoms with Gasteiger partial charge < -0.3 is 16.0 Å². The first-order valence-corrected chi connectivity index (χ1v) is 10.2. The molecule has 146 valence electrons. The van der Waals surface area contributed by atoms with Gasteiger partial charge in [-0.3, -0.25) is 9.59 Å². The van der Waals surface area contributed by atoms with Crippen LogP contribution in [-0.2, 0) is 14.8 Å². The molecular formula is C17H28N4O4S. The highest BCUT2D eigenvalue weighted by atomic mass is 32.2. The van der Waals surface area contributed by atoms with Crippen LogP contribution in [-0.4, -0.2) is 63.8 Å². The van der Waals surface area contributed by atoms with Crippen molar-refractivity contribution in [2.45, 2.75) is 25.7 Å². The number of benzene rings is 1. The number of rotatable bonds is 11. The highest BCUT2D eigenvalue weighted by Gasteiger charge is 2.22. The van der Waals surface area contributed by atoms with Crippen molar-refractivity contribution in [1.82, 2.24) is 20.3 Å². The lowest BCUT2D eigenvalue weighted by Crippen LogP contribution is -2.39. The summed E-state index contributed by atoms with van der Waals surface area (Å²) in [7, 11) is -3.64. The molecule has 0 saturated carbocycles. The minimum Gasteiger partial charge on any atom is -0.353 e. The molecule has 0 aromatic heterocycles. The molecule has 0 aliphatic heterocycles. The molecular weight excluding hydrogens is 356 g/mol. The van der Waals surface area contributed by atoms with Crippen LogP contribution in [0.2, 0.25) is 0 Å². The van der Waals surface area contributed by atoms with Crippen LogP contribution in [0.25, 0.3) is 0 Å². The number of carbonyl (C=O) groups excluding carboxylic acids is 2. The predicted molar refractivity (Wildman–Crippen MR) is 100 cm³/mol. The minimum absolute atomic E-state index is 0.0592. The Labute approximate surface area is 155 Å². The maximum absolute atomic E-state index is 12.5. The lowest BCUT2D eigenvalue weighted by atomic mass is 10.2. The Balaban J connectivity index is 2.70. The first-order chi connectivity index (χ1) is 12.4. The van der Waals surface area contributed by atoms with Gasteiger partial charge in [0.2, 0.25) is 15.9 Å². The van der Waals surface area contributed by atoms with Gasteiger partial charge in [-0.15, -0.1) is 0 Å². The topological polar surface area (TPSA) is 108 Å². The van der Waals surface area contributed by atoms with E-state index in [4.69, 9.17) is 0 Å². The van der Waals surface area contributed by atoms with Crippen molar-refractivity contribution < 1.29 is 18.0 Å². The van der Waals surface area contributed by atoms with Crippen molar-refractivity contribution in [2.24, 2.45) is 0 Å². The maximum Gasteiger partial charge on any atom is 0.251 e. The second kappa shape index (κ2) is 10.9. The second-order valence-electron chi connectivity index (χ2n) is 5.50. The van der Waals surface area contributed by atoms with Crippen LogP contribution >= 0.6 is 0 Å². The summed E-state index contributed by atoms with van der Waals surface area (Å²) in [4.78, 5) is 23.9. The third kappa shape index (κ3) is 6.40. The monoisotopic (exact) mass is 384 g/mol. The number of amides is 2. The number of likely N-dealkylation sites (N-methyl/N-ethyl adjacent to an activating group) is 1. The van der Waals surface area contributed by atoms with Gasteiger partial charge >= 0.3 is 0 Å². The molecule has 0 aliphatic carbocycles. The molecule has 2 amide bonds. The number of nitrogens with zero attached hydrogens (tertiary/aromatic N) is 1. The molecule has 3 N–H and O–H groups in total. The number of carbonyl (C=O) groups is 2. The van der Waals surface area contributed by atoms with Crippen molar-refractivity contribution in [3.05, 3.63) is 29.8 Å². The summed E-state index contributed by atoms with van der Waals surface area (Å²) in [5, 5.41) is 8.24. The highest BCUT2D eigenvalue weighted by molar-refractivity contribution is 7.89. The van der Waals surface area contributed by atoms with Crippen LogP contribution in [0.15, 0.2) is 29.2 Å². The first kappa shape index (κ1) is 22.1. The molecule has 9 heteroatoms. The van der Waals surface area contributed by atoms with Crippen molar-refractivity contribution in [3.63, 3.8) is 0 Å². The zero-order chi connectivity index (χ0) is 19.6. The molecule has 0 unspecified atom stereocenters. The molecule has 0 heterocycles. The van der Waals surface area contributed by atoms with Crippen molar-refractivity contribution in [1.29, 1.82) is 0 Å². The van der Waals surface area contributed by atoms with Crippen LogP contribution in [0.1, 0.15) is 31.1 Å². The summed E-state index contributed by atoms with van der Waals surface area (Å²) in [6.07, 6.45) is 0. The molecule has 1 aromatic rings. The molecule has 8 nitrogen and oxygen atoms in total. The number of sulfonamides is 1. The van der Waals surface area contributed by atoms with Crippen molar-refractivity contribution in [2.75, 3.05) is 39.3 Å². The first-order valence-electron chi connectivity index (χ1n) is 8.72. The standard InChI is InChI=1S/C17H28N4O4S/c1-4-18-10-11-19-16(22)13-20-17(23)14-8-7-9-15(12-14)26(24,25)21(5-2)6-3/h7-9,12,18H,4-6,10-11,13H2,1-3H3,(H,19,22)(H,20,23). The summed E-state index contributed by atoms with van der Waals surface area (Å²) >= 11 is 0. The smallest absolute Gasteiger partial charge is 0.251 e. The van der Waals surface area contributed by atoms with E-state index < -0.39 is 15.9 Å². The van der Waals surface area contributed by atoms with E-state index in [1.807, 2.05) is 6.92 Å². The molecule has 0 atom stereocenters. The maximum atomic E-state index is 12.5. The average Bonchev–Trinajstić information content (AvgIpc) is 2.64. The summed E-state index contributed by atoms with van der Waals surface area (Å²) in [6, 6.07) is 5.81. The van der Waals surface area contributed by atoms with E-state index >= 15 is 0 Å². The van der Waals surface area contributed by atoms with Gasteiger partial charge in [0, 0.05) is 31.7 Å². The number of nitrogens with one attached hydrogen (secondary N) is 3. The van der Waals surface area contributed by atoms with E-state index in [0.717, 1.165) is 6.54 Å². The van der Waals surface area contributed by atoms with E-state index in [9.17, 15) is 18.0 Å². The summed E-state index contributed by atoms with van der Waals surface area (Å²) in [5.74, 6) is -0.799. The van der Waals surface area contributed by atoms with E-state index in [1.54, 1.807) is 13.8 Å². The zero-order valence-corrected chi connectivity index (χ0v) is 16.4. The Morgan fingerprint density at radius 3 is 2.35 bits per heavy atom. The third-order valence-corrected chi connectivity index (χ3v) is 5.77. The van der Waals surface area contributed by atoms with Gasteiger partial charge in [0.05, 0.1) is 11.4 Å². The van der Waals surface area contributed by atoms with Gasteiger partial charge in [-0.25, -0.2) is 8.42 Å². The van der Waals surface area contributed by atoms with Gasteiger partial charge in [-0.2, -0.15) is 4.31 Å². The number of hydrogen-bond acceptors (Lipinski definition) is 5. The molecule has 0 aliphatic rings. The second-order valence-corrected chi connectivity index (χ2v) is 7.44. The molecule has 0 bridgehead atoms. The van der Waals surface area contributed by atoms with Crippen LogP contribution in [0.3, 0.4) is 0 Å². The van der Waals surface area contributed by atoms with Crippen LogP contribution in [0.4, 0.5) is 0 Å². The fourth-order valence-electron chi connectivity index (χ4n) is 2.30. The van der Waals surface area contributed by atoms with Crippen molar-refractivity contribution in [3.8, 4) is 0 Å². The Morgan fingerprint density at radius 2 is 1.73 bits per heavy atom. The van der Waals surface area contributed by atoms with Gasteiger partial charge in [-0.1, -0.05) is 26.8 Å². The Morgan fingerprint density at radius 1 is 1.04 bits per heavy atom. The number of hydrogen-bond donors (Lipinski definition) is 3.